The van der Waals surface area contributed by atoms with Gasteiger partial charge in [-0.25, -0.2) is 9.37 Å². The Labute approximate surface area is 95.0 Å². The number of fused-ring (bicyclic) bond motifs is 1. The van der Waals surface area contributed by atoms with Gasteiger partial charge in [0.2, 0.25) is 5.95 Å². The Hall–Kier alpha value is -1.88. The second kappa shape index (κ2) is 3.31. The van der Waals surface area contributed by atoms with E-state index in [2.05, 4.69) is 4.98 Å². The van der Waals surface area contributed by atoms with Crippen molar-refractivity contribution < 1.29 is 4.39 Å². The minimum absolute atomic E-state index is 0.304. The van der Waals surface area contributed by atoms with Crippen LogP contribution in [-0.2, 0) is 0 Å². The van der Waals surface area contributed by atoms with Crippen molar-refractivity contribution in [2.24, 2.45) is 0 Å². The first-order chi connectivity index (χ1) is 7.77. The molecule has 0 fully saturated rings. The minimum atomic E-state index is -0.349. The van der Waals surface area contributed by atoms with Gasteiger partial charge in [0, 0.05) is 5.38 Å². The molecule has 0 aliphatic rings. The fourth-order valence-corrected chi connectivity index (χ4v) is 2.36. The molecule has 0 aliphatic heterocycles. The summed E-state index contributed by atoms with van der Waals surface area (Å²) in [5, 5.41) is 3.89. The zero-order valence-electron chi connectivity index (χ0n) is 8.22. The second-order valence-electron chi connectivity index (χ2n) is 3.39. The van der Waals surface area contributed by atoms with Gasteiger partial charge >= 0.3 is 0 Å². The van der Waals surface area contributed by atoms with Gasteiger partial charge in [-0.15, -0.1) is 0 Å². The summed E-state index contributed by atoms with van der Waals surface area (Å²) >= 11 is 1.56. The molecule has 0 aliphatic carbocycles. The summed E-state index contributed by atoms with van der Waals surface area (Å²) in [6, 6.07) is 6.76. The number of hydrogen-bond acceptors (Lipinski definition) is 3. The lowest BCUT2D eigenvalue weighted by atomic mass is 10.3. The van der Waals surface area contributed by atoms with E-state index < -0.39 is 0 Å². The van der Waals surface area contributed by atoms with Crippen molar-refractivity contribution in [3.05, 3.63) is 40.8 Å². The Kier molecular flexibility index (Phi) is 1.94. The molecule has 3 aromatic rings. The lowest BCUT2D eigenvalue weighted by Crippen LogP contribution is -1.98. The van der Waals surface area contributed by atoms with E-state index in [0.717, 1.165) is 5.69 Å². The molecule has 0 atom stereocenters. The lowest BCUT2D eigenvalue weighted by Gasteiger charge is -2.02. The predicted molar refractivity (Wildman–Crippen MR) is 63.3 cm³/mol. The first kappa shape index (κ1) is 9.35. The van der Waals surface area contributed by atoms with Crippen LogP contribution in [0.25, 0.3) is 16.7 Å². The summed E-state index contributed by atoms with van der Waals surface area (Å²) in [6.07, 6.45) is 0. The standard InChI is InChI=1S/C11H8FN3S/c12-8-2-1-3-9-10(8)14-11(13)15(9)7-4-5-16-6-7/h1-6H,(H2,13,14). The molecule has 5 heteroatoms. The van der Waals surface area contributed by atoms with Crippen LogP contribution in [0.4, 0.5) is 10.3 Å². The number of hydrogen-bond donors (Lipinski definition) is 1. The molecular formula is C11H8FN3S. The molecule has 0 saturated heterocycles. The summed E-state index contributed by atoms with van der Waals surface area (Å²) in [5.41, 5.74) is 7.72. The molecule has 1 aromatic carbocycles. The number of aromatic nitrogens is 2. The Balaban J connectivity index is 2.41. The average molecular weight is 233 g/mol. The van der Waals surface area contributed by atoms with Crippen molar-refractivity contribution in [2.45, 2.75) is 0 Å². The van der Waals surface area contributed by atoms with Gasteiger partial charge < -0.3 is 5.73 Å². The molecule has 2 aromatic heterocycles. The van der Waals surface area contributed by atoms with Gasteiger partial charge in [0.25, 0.3) is 0 Å². The van der Waals surface area contributed by atoms with Crippen molar-refractivity contribution in [2.75, 3.05) is 5.73 Å². The van der Waals surface area contributed by atoms with Crippen molar-refractivity contribution in [1.29, 1.82) is 0 Å². The van der Waals surface area contributed by atoms with Crippen LogP contribution in [0, 0.1) is 5.82 Å². The zero-order valence-corrected chi connectivity index (χ0v) is 9.04. The number of rotatable bonds is 1. The topological polar surface area (TPSA) is 43.8 Å². The van der Waals surface area contributed by atoms with Crippen molar-refractivity contribution in [1.82, 2.24) is 9.55 Å². The number of anilines is 1. The van der Waals surface area contributed by atoms with E-state index >= 15 is 0 Å². The van der Waals surface area contributed by atoms with Gasteiger partial charge in [-0.3, -0.25) is 4.57 Å². The predicted octanol–water partition coefficient (Wildman–Crippen LogP) is 2.81. The van der Waals surface area contributed by atoms with Crippen molar-refractivity contribution >= 4 is 28.3 Å². The molecule has 3 nitrogen and oxygen atoms in total. The van der Waals surface area contributed by atoms with Crippen molar-refractivity contribution in [3.63, 3.8) is 0 Å². The summed E-state index contributed by atoms with van der Waals surface area (Å²) in [6.45, 7) is 0. The third-order valence-corrected chi connectivity index (χ3v) is 3.10. The Morgan fingerprint density at radius 2 is 2.19 bits per heavy atom. The SMILES string of the molecule is Nc1nc2c(F)cccc2n1-c1ccsc1. The highest BCUT2D eigenvalue weighted by Crippen LogP contribution is 2.25. The van der Waals surface area contributed by atoms with Crippen LogP contribution < -0.4 is 5.73 Å². The zero-order chi connectivity index (χ0) is 11.1. The van der Waals surface area contributed by atoms with E-state index in [1.54, 1.807) is 28.0 Å². The minimum Gasteiger partial charge on any atom is -0.369 e. The number of nitrogens with two attached hydrogens (primary N) is 1. The number of thiophene rings is 1. The molecular weight excluding hydrogens is 225 g/mol. The third-order valence-electron chi connectivity index (χ3n) is 2.43. The molecule has 0 unspecified atom stereocenters. The fourth-order valence-electron chi connectivity index (χ4n) is 1.74. The molecule has 3 rings (SSSR count). The Bertz CT molecular complexity index is 643. The van der Waals surface area contributed by atoms with Gasteiger partial charge in [0.05, 0.1) is 11.2 Å². The maximum absolute atomic E-state index is 13.5. The third kappa shape index (κ3) is 1.22. The van der Waals surface area contributed by atoms with Crippen LogP contribution in [0.15, 0.2) is 35.0 Å². The van der Waals surface area contributed by atoms with Gasteiger partial charge in [-0.2, -0.15) is 11.3 Å². The second-order valence-corrected chi connectivity index (χ2v) is 4.17. The summed E-state index contributed by atoms with van der Waals surface area (Å²) in [7, 11) is 0. The maximum Gasteiger partial charge on any atom is 0.206 e. The first-order valence-electron chi connectivity index (χ1n) is 4.72. The van der Waals surface area contributed by atoms with E-state index in [0.29, 0.717) is 17.0 Å². The average Bonchev–Trinajstić information content (AvgIpc) is 2.85. The quantitative estimate of drug-likeness (QED) is 0.702. The van der Waals surface area contributed by atoms with Gasteiger partial charge in [-0.05, 0) is 23.6 Å². The smallest absolute Gasteiger partial charge is 0.206 e. The molecule has 2 N–H and O–H groups in total. The summed E-state index contributed by atoms with van der Waals surface area (Å²) in [4.78, 5) is 4.04. The highest BCUT2D eigenvalue weighted by Gasteiger charge is 2.12. The van der Waals surface area contributed by atoms with Crippen LogP contribution in [0.1, 0.15) is 0 Å². The Morgan fingerprint density at radius 1 is 1.31 bits per heavy atom. The van der Waals surface area contributed by atoms with Gasteiger partial charge in [0.1, 0.15) is 5.52 Å². The van der Waals surface area contributed by atoms with Crippen LogP contribution in [0.2, 0.25) is 0 Å². The number of halogens is 1. The fraction of sp³-hybridized carbons (Fsp3) is 0. The highest BCUT2D eigenvalue weighted by molar-refractivity contribution is 7.08. The number of imidazole rings is 1. The van der Waals surface area contributed by atoms with E-state index in [-0.39, 0.29) is 5.82 Å². The van der Waals surface area contributed by atoms with Gasteiger partial charge in [0.15, 0.2) is 5.82 Å². The van der Waals surface area contributed by atoms with Crippen LogP contribution in [0.3, 0.4) is 0 Å². The van der Waals surface area contributed by atoms with Gasteiger partial charge in [-0.1, -0.05) is 6.07 Å². The normalized spacial score (nSPS) is 11.1. The monoisotopic (exact) mass is 233 g/mol. The molecule has 16 heavy (non-hydrogen) atoms. The first-order valence-corrected chi connectivity index (χ1v) is 5.66. The number of nitrogen functional groups attached to an aromatic ring is 1. The highest BCUT2D eigenvalue weighted by atomic mass is 32.1. The molecule has 2 heterocycles. The van der Waals surface area contributed by atoms with Crippen molar-refractivity contribution in [3.8, 4) is 5.69 Å². The molecule has 0 amide bonds. The molecule has 0 radical (unpaired) electrons. The van der Waals surface area contributed by atoms with E-state index in [1.807, 2.05) is 16.8 Å². The molecule has 0 spiro atoms. The number of nitrogens with zero attached hydrogens (tertiary/aromatic N) is 2. The Morgan fingerprint density at radius 3 is 2.94 bits per heavy atom. The molecule has 0 bridgehead atoms. The molecule has 80 valence electrons. The van der Waals surface area contributed by atoms with Crippen LogP contribution in [0.5, 0.6) is 0 Å². The molecule has 0 saturated carbocycles. The number of para-hydroxylation sites is 1. The largest absolute Gasteiger partial charge is 0.369 e. The van der Waals surface area contributed by atoms with E-state index in [1.165, 1.54) is 6.07 Å². The van der Waals surface area contributed by atoms with Crippen LogP contribution >= 0.6 is 11.3 Å². The number of benzene rings is 1. The van der Waals surface area contributed by atoms with Crippen LogP contribution in [-0.4, -0.2) is 9.55 Å². The van der Waals surface area contributed by atoms with E-state index in [9.17, 15) is 4.39 Å². The van der Waals surface area contributed by atoms with E-state index in [4.69, 9.17) is 5.73 Å². The maximum atomic E-state index is 13.5. The summed E-state index contributed by atoms with van der Waals surface area (Å²) in [5.74, 6) is -0.0447. The lowest BCUT2D eigenvalue weighted by molar-refractivity contribution is 0.637. The summed E-state index contributed by atoms with van der Waals surface area (Å²) < 4.78 is 15.2.